The maximum atomic E-state index is 12.7. The molecule has 0 aliphatic carbocycles. The van der Waals surface area contributed by atoms with E-state index in [9.17, 15) is 14.8 Å². The molecule has 1 aromatic heterocycles. The Bertz CT molecular complexity index is 919. The minimum absolute atomic E-state index is 0.118. The summed E-state index contributed by atoms with van der Waals surface area (Å²) in [4.78, 5) is 33.2. The van der Waals surface area contributed by atoms with E-state index in [0.29, 0.717) is 22.2 Å². The second-order valence-electron chi connectivity index (χ2n) is 6.85. The van der Waals surface area contributed by atoms with Crippen LogP contribution in [0.3, 0.4) is 0 Å². The Morgan fingerprint density at radius 3 is 2.82 bits per heavy atom. The first-order chi connectivity index (χ1) is 13.3. The van der Waals surface area contributed by atoms with Crippen molar-refractivity contribution in [2.75, 3.05) is 24.6 Å². The first-order valence-corrected chi connectivity index (χ1v) is 10.1. The lowest BCUT2D eigenvalue weighted by Crippen LogP contribution is -2.33. The zero-order valence-electron chi connectivity index (χ0n) is 15.9. The SMILES string of the molecule is Cc1cc(C)c2cc1-c1cc(nc(N)n1)SCCC(=O)NC[C@@H](O)CC[N+]2=O. The molecule has 8 nitrogen and oxygen atoms in total. The van der Waals surface area contributed by atoms with E-state index in [-0.39, 0.29) is 37.8 Å². The molecule has 1 aliphatic rings. The highest BCUT2D eigenvalue weighted by Gasteiger charge is 2.22. The Hall–Kier alpha value is -2.52. The minimum Gasteiger partial charge on any atom is -0.391 e. The molecule has 28 heavy (non-hydrogen) atoms. The van der Waals surface area contributed by atoms with E-state index >= 15 is 0 Å². The number of aromatic nitrogens is 2. The van der Waals surface area contributed by atoms with Crippen LogP contribution in [0.1, 0.15) is 24.0 Å². The van der Waals surface area contributed by atoms with E-state index in [2.05, 4.69) is 15.3 Å². The summed E-state index contributed by atoms with van der Waals surface area (Å²) in [5.41, 5.74) is 9.68. The lowest BCUT2D eigenvalue weighted by atomic mass is 10.0. The number of nitrogens with zero attached hydrogens (tertiary/aromatic N) is 3. The zero-order valence-corrected chi connectivity index (χ0v) is 16.8. The van der Waals surface area contributed by atoms with Gasteiger partial charge in [-0.05, 0) is 31.5 Å². The monoisotopic (exact) mass is 402 g/mol. The van der Waals surface area contributed by atoms with E-state index in [1.54, 1.807) is 0 Å². The molecule has 1 aromatic carbocycles. The maximum absolute atomic E-state index is 12.7. The number of anilines is 1. The van der Waals surface area contributed by atoms with Crippen molar-refractivity contribution >= 4 is 29.3 Å². The molecule has 4 N–H and O–H groups in total. The van der Waals surface area contributed by atoms with Crippen LogP contribution >= 0.6 is 11.8 Å². The molecule has 0 fully saturated rings. The molecule has 1 amide bonds. The Morgan fingerprint density at radius 1 is 1.25 bits per heavy atom. The van der Waals surface area contributed by atoms with E-state index in [4.69, 9.17) is 5.73 Å². The smallest absolute Gasteiger partial charge is 0.259 e. The van der Waals surface area contributed by atoms with Crippen molar-refractivity contribution in [3.63, 3.8) is 0 Å². The lowest BCUT2D eigenvalue weighted by molar-refractivity contribution is -0.465. The summed E-state index contributed by atoms with van der Waals surface area (Å²) < 4.78 is 0.870. The van der Waals surface area contributed by atoms with Crippen LogP contribution in [0.5, 0.6) is 0 Å². The van der Waals surface area contributed by atoms with Gasteiger partial charge in [0, 0.05) is 52.0 Å². The number of aliphatic hydroxyl groups excluding tert-OH is 1. The highest BCUT2D eigenvalue weighted by Crippen LogP contribution is 2.32. The molecule has 3 rings (SSSR count). The van der Waals surface area contributed by atoms with Crippen LogP contribution in [0.15, 0.2) is 23.2 Å². The van der Waals surface area contributed by atoms with Crippen LogP contribution in [0.2, 0.25) is 0 Å². The highest BCUT2D eigenvalue weighted by atomic mass is 32.2. The molecule has 0 saturated carbocycles. The summed E-state index contributed by atoms with van der Waals surface area (Å²) in [7, 11) is 0. The number of fused-ring (bicyclic) bond motifs is 5. The number of carbonyl (C=O) groups is 1. The Kier molecular flexibility index (Phi) is 6.25. The summed E-state index contributed by atoms with van der Waals surface area (Å²) in [6.07, 6.45) is -0.230. The van der Waals surface area contributed by atoms with Crippen LogP contribution < -0.4 is 11.1 Å². The van der Waals surface area contributed by atoms with Gasteiger partial charge in [0.1, 0.15) is 5.03 Å². The molecule has 2 heterocycles. The van der Waals surface area contributed by atoms with Crippen LogP contribution in [0.4, 0.5) is 11.6 Å². The second-order valence-corrected chi connectivity index (χ2v) is 7.97. The van der Waals surface area contributed by atoms with Crippen molar-refractivity contribution in [2.45, 2.75) is 37.8 Å². The molecule has 0 saturated heterocycles. The first kappa shape index (κ1) is 20.2. The number of thioether (sulfide) groups is 1. The van der Waals surface area contributed by atoms with Gasteiger partial charge in [-0.3, -0.25) is 4.79 Å². The van der Waals surface area contributed by atoms with Crippen molar-refractivity contribution in [3.8, 4) is 11.3 Å². The third-order valence-electron chi connectivity index (χ3n) is 4.59. The van der Waals surface area contributed by atoms with Gasteiger partial charge in [0.15, 0.2) is 0 Å². The van der Waals surface area contributed by atoms with E-state index < -0.39 is 6.10 Å². The summed E-state index contributed by atoms with van der Waals surface area (Å²) in [5.74, 6) is 0.524. The summed E-state index contributed by atoms with van der Waals surface area (Å²) in [6, 6.07) is 5.58. The van der Waals surface area contributed by atoms with Crippen molar-refractivity contribution in [3.05, 3.63) is 34.2 Å². The van der Waals surface area contributed by atoms with Gasteiger partial charge >= 0.3 is 0 Å². The quantitative estimate of drug-likeness (QED) is 0.456. The zero-order chi connectivity index (χ0) is 20.3. The average Bonchev–Trinajstić information content (AvgIpc) is 2.63. The number of benzene rings is 1. The van der Waals surface area contributed by atoms with Crippen molar-refractivity contribution in [1.29, 1.82) is 0 Å². The second kappa shape index (κ2) is 8.66. The third-order valence-corrected chi connectivity index (χ3v) is 5.50. The fourth-order valence-electron chi connectivity index (χ4n) is 3.10. The normalized spacial score (nSPS) is 18.6. The number of hydrogen-bond donors (Lipinski definition) is 3. The number of aryl methyl sites for hydroxylation is 2. The van der Waals surface area contributed by atoms with Crippen LogP contribution in [-0.4, -0.2) is 50.7 Å². The van der Waals surface area contributed by atoms with Crippen molar-refractivity contribution < 1.29 is 14.7 Å². The maximum Gasteiger partial charge on any atom is 0.259 e. The molecule has 1 atom stereocenters. The standard InChI is InChI=1S/C19H23N5O3S/c1-11-7-12(2)16-8-14(11)15-9-18(23-19(20)22-15)28-6-4-17(26)21-10-13(25)3-5-24(16)27/h7-9,13,25H,3-6,10H2,1-2H3,(H2-,20,21,22,23,26)/p+1/t13-/m0/s1. The van der Waals surface area contributed by atoms with Gasteiger partial charge in [0.05, 0.1) is 11.8 Å². The predicted molar refractivity (Wildman–Crippen MR) is 108 cm³/mol. The van der Waals surface area contributed by atoms with Crippen LogP contribution in [-0.2, 0) is 4.79 Å². The lowest BCUT2D eigenvalue weighted by Gasteiger charge is -2.12. The molecule has 0 spiro atoms. The summed E-state index contributed by atoms with van der Waals surface area (Å²) in [5, 5.41) is 13.4. The molecule has 2 aromatic rings. The van der Waals surface area contributed by atoms with Crippen LogP contribution in [0, 0.1) is 18.8 Å². The van der Waals surface area contributed by atoms with Crippen LogP contribution in [0.25, 0.3) is 11.3 Å². The molecule has 0 unspecified atom stereocenters. The number of amides is 1. The first-order valence-electron chi connectivity index (χ1n) is 9.12. The van der Waals surface area contributed by atoms with Gasteiger partial charge in [0.25, 0.3) is 5.69 Å². The average molecular weight is 403 g/mol. The van der Waals surface area contributed by atoms with E-state index in [0.717, 1.165) is 21.5 Å². The Labute approximate surface area is 167 Å². The fourth-order valence-corrected chi connectivity index (χ4v) is 3.95. The number of nitroso groups, excluding NO2 is 1. The van der Waals surface area contributed by atoms with Gasteiger partial charge in [-0.2, -0.15) is 0 Å². The number of nitrogen functional groups attached to an aromatic ring is 1. The number of rotatable bonds is 0. The highest BCUT2D eigenvalue weighted by molar-refractivity contribution is 7.99. The molecule has 4 bridgehead atoms. The van der Waals surface area contributed by atoms with Gasteiger partial charge < -0.3 is 16.2 Å². The topological polar surface area (TPSA) is 121 Å². The van der Waals surface area contributed by atoms with Crippen molar-refractivity contribution in [2.24, 2.45) is 0 Å². The molecule has 148 valence electrons. The van der Waals surface area contributed by atoms with Gasteiger partial charge in [0.2, 0.25) is 18.4 Å². The Morgan fingerprint density at radius 2 is 2.04 bits per heavy atom. The number of nitrogens with two attached hydrogens (primary N) is 1. The number of carbonyl (C=O) groups excluding carboxylic acids is 1. The van der Waals surface area contributed by atoms with E-state index in [1.165, 1.54) is 11.8 Å². The fraction of sp³-hybridized carbons (Fsp3) is 0.421. The largest absolute Gasteiger partial charge is 0.391 e. The van der Waals surface area contributed by atoms with Gasteiger partial charge in [-0.25, -0.2) is 9.97 Å². The predicted octanol–water partition coefficient (Wildman–Crippen LogP) is 2.12. The minimum atomic E-state index is -0.776. The van der Waals surface area contributed by atoms with Gasteiger partial charge in [-0.15, -0.1) is 11.8 Å². The number of aliphatic hydroxyl groups is 1. The Balaban J connectivity index is 2.04. The summed E-state index contributed by atoms with van der Waals surface area (Å²) in [6.45, 7) is 4.08. The number of nitrogens with one attached hydrogen (secondary N) is 1. The molecule has 0 radical (unpaired) electrons. The number of β-amino-alcohol motifs (C(OH)–C–C–N with tert-alkyl or cyclic N) is 1. The number of hydrogen-bond acceptors (Lipinski definition) is 7. The molecule has 1 aliphatic heterocycles. The molecular weight excluding hydrogens is 378 g/mol. The van der Waals surface area contributed by atoms with Crippen molar-refractivity contribution in [1.82, 2.24) is 15.3 Å². The van der Waals surface area contributed by atoms with E-state index in [1.807, 2.05) is 32.0 Å². The molecular formula is C19H24N5O3S+. The summed E-state index contributed by atoms with van der Waals surface area (Å²) >= 11 is 1.41. The van der Waals surface area contributed by atoms with Gasteiger partial charge in [-0.1, -0.05) is 0 Å². The molecule has 9 heteroatoms. The third kappa shape index (κ3) is 4.85.